The van der Waals surface area contributed by atoms with Crippen LogP contribution in [0.1, 0.15) is 30.9 Å². The third-order valence-corrected chi connectivity index (χ3v) is 3.50. The Hall–Kier alpha value is -1.37. The SMILES string of the molecule is CCN(CCNCc1ccccc1C#N)C1CC1. The molecule has 1 saturated carbocycles. The van der Waals surface area contributed by atoms with Gasteiger partial charge in [-0.2, -0.15) is 5.26 Å². The molecule has 1 aromatic carbocycles. The largest absolute Gasteiger partial charge is 0.311 e. The van der Waals surface area contributed by atoms with Gasteiger partial charge >= 0.3 is 0 Å². The third kappa shape index (κ3) is 3.56. The van der Waals surface area contributed by atoms with Crippen LogP contribution in [0.3, 0.4) is 0 Å². The Balaban J connectivity index is 1.73. The minimum Gasteiger partial charge on any atom is -0.311 e. The van der Waals surface area contributed by atoms with Crippen LogP contribution in [0, 0.1) is 11.3 Å². The van der Waals surface area contributed by atoms with Crippen LogP contribution in [-0.2, 0) is 6.54 Å². The van der Waals surface area contributed by atoms with Gasteiger partial charge in [0.2, 0.25) is 0 Å². The smallest absolute Gasteiger partial charge is 0.0995 e. The van der Waals surface area contributed by atoms with Gasteiger partial charge in [0.05, 0.1) is 11.6 Å². The zero-order valence-corrected chi connectivity index (χ0v) is 11.0. The summed E-state index contributed by atoms with van der Waals surface area (Å²) in [7, 11) is 0. The molecule has 0 amide bonds. The topological polar surface area (TPSA) is 39.1 Å². The van der Waals surface area contributed by atoms with E-state index in [2.05, 4.69) is 23.2 Å². The monoisotopic (exact) mass is 243 g/mol. The van der Waals surface area contributed by atoms with E-state index in [1.54, 1.807) is 0 Å². The van der Waals surface area contributed by atoms with Crippen LogP contribution in [0.15, 0.2) is 24.3 Å². The van der Waals surface area contributed by atoms with E-state index in [0.29, 0.717) is 0 Å². The van der Waals surface area contributed by atoms with Crippen LogP contribution >= 0.6 is 0 Å². The summed E-state index contributed by atoms with van der Waals surface area (Å²) >= 11 is 0. The molecule has 0 aromatic heterocycles. The molecule has 1 aliphatic rings. The Morgan fingerprint density at radius 2 is 2.17 bits per heavy atom. The van der Waals surface area contributed by atoms with Crippen molar-refractivity contribution in [2.24, 2.45) is 0 Å². The van der Waals surface area contributed by atoms with Crippen molar-refractivity contribution >= 4 is 0 Å². The summed E-state index contributed by atoms with van der Waals surface area (Å²) in [5, 5.41) is 12.4. The van der Waals surface area contributed by atoms with E-state index in [0.717, 1.165) is 43.3 Å². The van der Waals surface area contributed by atoms with Crippen molar-refractivity contribution in [1.82, 2.24) is 10.2 Å². The number of nitrogens with one attached hydrogen (secondary N) is 1. The highest BCUT2D eigenvalue weighted by Crippen LogP contribution is 2.25. The van der Waals surface area contributed by atoms with E-state index in [4.69, 9.17) is 5.26 Å². The van der Waals surface area contributed by atoms with Crippen molar-refractivity contribution in [1.29, 1.82) is 5.26 Å². The van der Waals surface area contributed by atoms with Crippen molar-refractivity contribution in [3.05, 3.63) is 35.4 Å². The molecule has 0 atom stereocenters. The van der Waals surface area contributed by atoms with Crippen molar-refractivity contribution in [2.45, 2.75) is 32.4 Å². The van der Waals surface area contributed by atoms with Crippen LogP contribution < -0.4 is 5.32 Å². The maximum Gasteiger partial charge on any atom is 0.0995 e. The summed E-state index contributed by atoms with van der Waals surface area (Å²) < 4.78 is 0. The van der Waals surface area contributed by atoms with E-state index in [1.807, 2.05) is 24.3 Å². The predicted octanol–water partition coefficient (Wildman–Crippen LogP) is 2.13. The number of hydrogen-bond acceptors (Lipinski definition) is 3. The lowest BCUT2D eigenvalue weighted by Crippen LogP contribution is -2.33. The molecule has 0 radical (unpaired) electrons. The van der Waals surface area contributed by atoms with Crippen molar-refractivity contribution in [3.8, 4) is 6.07 Å². The molecule has 0 unspecified atom stereocenters. The van der Waals surface area contributed by atoms with Crippen LogP contribution in [0.5, 0.6) is 0 Å². The van der Waals surface area contributed by atoms with E-state index in [9.17, 15) is 0 Å². The fraction of sp³-hybridized carbons (Fsp3) is 0.533. The molecule has 1 N–H and O–H groups in total. The zero-order valence-electron chi connectivity index (χ0n) is 11.0. The van der Waals surface area contributed by atoms with Crippen LogP contribution in [-0.4, -0.2) is 30.6 Å². The molecule has 18 heavy (non-hydrogen) atoms. The summed E-state index contributed by atoms with van der Waals surface area (Å²) in [5.74, 6) is 0. The normalized spacial score (nSPS) is 14.7. The third-order valence-electron chi connectivity index (χ3n) is 3.50. The fourth-order valence-electron chi connectivity index (χ4n) is 2.27. The summed E-state index contributed by atoms with van der Waals surface area (Å²) in [6.07, 6.45) is 2.73. The van der Waals surface area contributed by atoms with Crippen molar-refractivity contribution in [3.63, 3.8) is 0 Å². The Kier molecular flexibility index (Phi) is 4.74. The Morgan fingerprint density at radius 3 is 2.83 bits per heavy atom. The second-order valence-corrected chi connectivity index (χ2v) is 4.81. The summed E-state index contributed by atoms with van der Waals surface area (Å²) in [4.78, 5) is 2.53. The van der Waals surface area contributed by atoms with Gasteiger partial charge in [-0.15, -0.1) is 0 Å². The summed E-state index contributed by atoms with van der Waals surface area (Å²) in [6.45, 7) is 6.25. The maximum atomic E-state index is 9.00. The Bertz CT molecular complexity index is 418. The molecule has 3 heteroatoms. The van der Waals surface area contributed by atoms with Gasteiger partial charge in [-0.1, -0.05) is 25.1 Å². The Morgan fingerprint density at radius 1 is 1.39 bits per heavy atom. The van der Waals surface area contributed by atoms with E-state index in [1.165, 1.54) is 12.8 Å². The molecule has 0 aliphatic heterocycles. The lowest BCUT2D eigenvalue weighted by atomic mass is 10.1. The standard InChI is InChI=1S/C15H21N3/c1-2-18(15-7-8-15)10-9-17-12-14-6-4-3-5-13(14)11-16/h3-6,15,17H,2,7-10,12H2,1H3. The molecular formula is C15H21N3. The van der Waals surface area contributed by atoms with Gasteiger partial charge in [-0.05, 0) is 31.0 Å². The molecule has 3 nitrogen and oxygen atoms in total. The average Bonchev–Trinajstić information content (AvgIpc) is 3.24. The molecular weight excluding hydrogens is 222 g/mol. The van der Waals surface area contributed by atoms with Gasteiger partial charge in [0.15, 0.2) is 0 Å². The first-order valence-electron chi connectivity index (χ1n) is 6.78. The number of nitriles is 1. The number of nitrogens with zero attached hydrogens (tertiary/aromatic N) is 2. The molecule has 1 aromatic rings. The fourth-order valence-corrected chi connectivity index (χ4v) is 2.27. The number of rotatable bonds is 7. The molecule has 1 aliphatic carbocycles. The number of benzene rings is 1. The first kappa shape index (κ1) is 13.1. The highest BCUT2D eigenvalue weighted by molar-refractivity contribution is 5.37. The molecule has 0 heterocycles. The second kappa shape index (κ2) is 6.53. The number of hydrogen-bond donors (Lipinski definition) is 1. The number of likely N-dealkylation sites (N-methyl/N-ethyl adjacent to an activating group) is 1. The lowest BCUT2D eigenvalue weighted by molar-refractivity contribution is 0.277. The average molecular weight is 243 g/mol. The van der Waals surface area contributed by atoms with Crippen molar-refractivity contribution < 1.29 is 0 Å². The van der Waals surface area contributed by atoms with Gasteiger partial charge in [-0.25, -0.2) is 0 Å². The van der Waals surface area contributed by atoms with Crippen LogP contribution in [0.25, 0.3) is 0 Å². The molecule has 0 saturated heterocycles. The highest BCUT2D eigenvalue weighted by Gasteiger charge is 2.26. The quantitative estimate of drug-likeness (QED) is 0.746. The van der Waals surface area contributed by atoms with Gasteiger partial charge in [-0.3, -0.25) is 4.90 Å². The first-order chi connectivity index (χ1) is 8.85. The zero-order chi connectivity index (χ0) is 12.8. The summed E-state index contributed by atoms with van der Waals surface area (Å²) in [5.41, 5.74) is 1.87. The van der Waals surface area contributed by atoms with Gasteiger partial charge < -0.3 is 5.32 Å². The molecule has 2 rings (SSSR count). The summed E-state index contributed by atoms with van der Waals surface area (Å²) in [6, 6.07) is 10.9. The van der Waals surface area contributed by atoms with Crippen LogP contribution in [0.2, 0.25) is 0 Å². The van der Waals surface area contributed by atoms with Gasteiger partial charge in [0, 0.05) is 25.7 Å². The second-order valence-electron chi connectivity index (χ2n) is 4.81. The highest BCUT2D eigenvalue weighted by atomic mass is 15.2. The molecule has 0 spiro atoms. The minimum atomic E-state index is 0.777. The maximum absolute atomic E-state index is 9.00. The Labute approximate surface area is 109 Å². The van der Waals surface area contributed by atoms with Gasteiger partial charge in [0.25, 0.3) is 0 Å². The minimum absolute atomic E-state index is 0.777. The van der Waals surface area contributed by atoms with Gasteiger partial charge in [0.1, 0.15) is 0 Å². The molecule has 1 fully saturated rings. The predicted molar refractivity (Wildman–Crippen MR) is 73.1 cm³/mol. The van der Waals surface area contributed by atoms with Crippen LogP contribution in [0.4, 0.5) is 0 Å². The van der Waals surface area contributed by atoms with E-state index < -0.39 is 0 Å². The molecule has 96 valence electrons. The van der Waals surface area contributed by atoms with Crippen molar-refractivity contribution in [2.75, 3.05) is 19.6 Å². The van der Waals surface area contributed by atoms with E-state index >= 15 is 0 Å². The molecule has 0 bridgehead atoms. The first-order valence-corrected chi connectivity index (χ1v) is 6.78. The van der Waals surface area contributed by atoms with E-state index in [-0.39, 0.29) is 0 Å². The lowest BCUT2D eigenvalue weighted by Gasteiger charge is -2.19.